The van der Waals surface area contributed by atoms with Crippen LogP contribution in [0.1, 0.15) is 33.8 Å². The van der Waals surface area contributed by atoms with E-state index in [1.54, 1.807) is 0 Å². The lowest BCUT2D eigenvalue weighted by Crippen LogP contribution is -2.46. The van der Waals surface area contributed by atoms with Gasteiger partial charge in [0, 0.05) is 5.92 Å². The minimum atomic E-state index is -3.58. The van der Waals surface area contributed by atoms with Gasteiger partial charge in [-0.3, -0.25) is 9.13 Å². The molecule has 206 valence electrons. The van der Waals surface area contributed by atoms with Crippen LogP contribution in [0.5, 0.6) is 0 Å². The van der Waals surface area contributed by atoms with E-state index in [1.807, 2.05) is 121 Å². The smallest absolute Gasteiger partial charge is 0.308 e. The Morgan fingerprint density at radius 3 is 1.27 bits per heavy atom. The molecule has 0 N–H and O–H groups in total. The van der Waals surface area contributed by atoms with Crippen molar-refractivity contribution in [1.29, 1.82) is 0 Å². The summed E-state index contributed by atoms with van der Waals surface area (Å²) in [6.07, 6.45) is 0.224. The molecule has 2 fully saturated rings. The van der Waals surface area contributed by atoms with Crippen molar-refractivity contribution in [3.8, 4) is 0 Å². The van der Waals surface area contributed by atoms with Crippen LogP contribution in [0, 0.1) is 5.41 Å². The molecule has 0 saturated carbocycles. The van der Waals surface area contributed by atoms with Crippen LogP contribution in [0.4, 0.5) is 0 Å². The lowest BCUT2D eigenvalue weighted by molar-refractivity contribution is -0.0694. The van der Waals surface area contributed by atoms with Gasteiger partial charge in [-0.2, -0.15) is 0 Å². The molecule has 2 saturated heterocycles. The second-order valence-electron chi connectivity index (χ2n) is 10.5. The summed E-state index contributed by atoms with van der Waals surface area (Å²) >= 11 is 0. The predicted octanol–water partition coefficient (Wildman–Crippen LogP) is 8.07. The van der Waals surface area contributed by atoms with Gasteiger partial charge in [0.1, 0.15) is 5.66 Å². The molecule has 1 spiro atoms. The number of hydrogen-bond donors (Lipinski definition) is 0. The molecular formula is C32H32O6P2. The van der Waals surface area contributed by atoms with Crippen molar-refractivity contribution in [3.63, 3.8) is 0 Å². The van der Waals surface area contributed by atoms with Crippen LogP contribution in [0.15, 0.2) is 121 Å². The zero-order valence-electron chi connectivity index (χ0n) is 22.1. The second kappa shape index (κ2) is 11.6. The molecule has 8 heteroatoms. The van der Waals surface area contributed by atoms with Crippen molar-refractivity contribution in [1.82, 2.24) is 0 Å². The number of rotatable bonds is 7. The summed E-state index contributed by atoms with van der Waals surface area (Å²) in [5.41, 5.74) is 2.59. The first-order valence-electron chi connectivity index (χ1n) is 13.4. The van der Waals surface area contributed by atoms with E-state index in [4.69, 9.17) is 18.1 Å². The SMILES string of the molecule is O=P1(CC(c2ccccc2)c2ccccc2)OCC2(CO1)COP(=O)(C(c1ccccc1)c1ccccc1)OC2. The fourth-order valence-corrected chi connectivity index (χ4v) is 9.78. The molecule has 40 heavy (non-hydrogen) atoms. The Morgan fingerprint density at radius 2 is 0.875 bits per heavy atom. The maximum absolute atomic E-state index is 14.2. The van der Waals surface area contributed by atoms with E-state index in [9.17, 15) is 9.13 Å². The van der Waals surface area contributed by atoms with E-state index in [0.717, 1.165) is 22.3 Å². The Bertz CT molecular complexity index is 1390. The van der Waals surface area contributed by atoms with Crippen LogP contribution in [0.3, 0.4) is 0 Å². The van der Waals surface area contributed by atoms with Gasteiger partial charge in [-0.05, 0) is 22.3 Å². The summed E-state index contributed by atoms with van der Waals surface area (Å²) in [5.74, 6) is -0.140. The van der Waals surface area contributed by atoms with Crippen LogP contribution < -0.4 is 0 Å². The van der Waals surface area contributed by atoms with Crippen molar-refractivity contribution in [2.45, 2.75) is 11.6 Å². The fraction of sp³-hybridized carbons (Fsp3) is 0.250. The summed E-state index contributed by atoms with van der Waals surface area (Å²) in [4.78, 5) is 0. The third kappa shape index (κ3) is 5.80. The predicted molar refractivity (Wildman–Crippen MR) is 156 cm³/mol. The maximum atomic E-state index is 14.2. The van der Waals surface area contributed by atoms with Gasteiger partial charge in [0.25, 0.3) is 0 Å². The van der Waals surface area contributed by atoms with Crippen LogP contribution in [0.2, 0.25) is 0 Å². The minimum Gasteiger partial charge on any atom is -0.308 e. The Morgan fingerprint density at radius 1 is 0.525 bits per heavy atom. The van der Waals surface area contributed by atoms with Gasteiger partial charge >= 0.3 is 15.2 Å². The Labute approximate surface area is 235 Å². The fourth-order valence-electron chi connectivity index (χ4n) is 5.33. The second-order valence-corrected chi connectivity index (χ2v) is 14.7. The Balaban J connectivity index is 1.17. The van der Waals surface area contributed by atoms with Crippen LogP contribution in [0.25, 0.3) is 0 Å². The Hall–Kier alpha value is -2.82. The summed E-state index contributed by atoms with van der Waals surface area (Å²) in [5, 5.41) is 0. The van der Waals surface area contributed by atoms with Gasteiger partial charge < -0.3 is 18.1 Å². The van der Waals surface area contributed by atoms with Crippen molar-refractivity contribution in [3.05, 3.63) is 144 Å². The molecule has 2 heterocycles. The average molecular weight is 575 g/mol. The van der Waals surface area contributed by atoms with Crippen LogP contribution >= 0.6 is 15.2 Å². The summed E-state index contributed by atoms with van der Waals surface area (Å²) < 4.78 is 52.2. The third-order valence-electron chi connectivity index (χ3n) is 7.59. The molecular weight excluding hydrogens is 542 g/mol. The lowest BCUT2D eigenvalue weighted by atomic mass is 9.93. The van der Waals surface area contributed by atoms with E-state index < -0.39 is 26.3 Å². The summed E-state index contributed by atoms with van der Waals surface area (Å²) in [6.45, 7) is 0.534. The molecule has 0 aromatic heterocycles. The van der Waals surface area contributed by atoms with Crippen molar-refractivity contribution >= 4 is 15.2 Å². The van der Waals surface area contributed by atoms with Crippen molar-refractivity contribution in [2.24, 2.45) is 5.41 Å². The number of hydrogen-bond acceptors (Lipinski definition) is 6. The normalized spacial score (nSPS) is 26.8. The first kappa shape index (κ1) is 27.4. The molecule has 4 aromatic rings. The van der Waals surface area contributed by atoms with Gasteiger partial charge in [-0.25, -0.2) is 0 Å². The van der Waals surface area contributed by atoms with E-state index in [2.05, 4.69) is 0 Å². The third-order valence-corrected chi connectivity index (χ3v) is 11.7. The molecule has 0 unspecified atom stereocenters. The van der Waals surface area contributed by atoms with Crippen molar-refractivity contribution < 1.29 is 27.2 Å². The molecule has 0 amide bonds. The van der Waals surface area contributed by atoms with E-state index in [0.29, 0.717) is 0 Å². The molecule has 2 aliphatic heterocycles. The van der Waals surface area contributed by atoms with Gasteiger partial charge in [0.15, 0.2) is 0 Å². The molecule has 0 bridgehead atoms. The molecule has 0 radical (unpaired) electrons. The first-order chi connectivity index (χ1) is 19.5. The largest absolute Gasteiger partial charge is 0.342 e. The van der Waals surface area contributed by atoms with E-state index in [-0.39, 0.29) is 38.5 Å². The van der Waals surface area contributed by atoms with E-state index >= 15 is 0 Å². The quantitative estimate of drug-likeness (QED) is 0.208. The Kier molecular flexibility index (Phi) is 7.92. The van der Waals surface area contributed by atoms with Gasteiger partial charge in [-0.1, -0.05) is 121 Å². The zero-order chi connectivity index (χ0) is 27.5. The van der Waals surface area contributed by atoms with Crippen LogP contribution in [-0.4, -0.2) is 32.6 Å². The molecule has 2 aliphatic rings. The highest BCUT2D eigenvalue weighted by atomic mass is 31.2. The minimum absolute atomic E-state index is 0.126. The molecule has 6 rings (SSSR count). The zero-order valence-corrected chi connectivity index (χ0v) is 23.9. The molecule has 4 aromatic carbocycles. The van der Waals surface area contributed by atoms with Crippen LogP contribution in [-0.2, 0) is 27.2 Å². The summed E-state index contributed by atoms with van der Waals surface area (Å²) in [6, 6.07) is 39.2. The lowest BCUT2D eigenvalue weighted by Gasteiger charge is -2.44. The highest BCUT2D eigenvalue weighted by Gasteiger charge is 2.51. The number of benzene rings is 4. The highest BCUT2D eigenvalue weighted by Crippen LogP contribution is 2.67. The molecule has 6 nitrogen and oxygen atoms in total. The first-order valence-corrected chi connectivity index (χ1v) is 16.8. The van der Waals surface area contributed by atoms with Gasteiger partial charge in [-0.15, -0.1) is 0 Å². The summed E-state index contributed by atoms with van der Waals surface area (Å²) in [7, 11) is -7.00. The molecule has 0 atom stereocenters. The van der Waals surface area contributed by atoms with E-state index in [1.165, 1.54) is 0 Å². The maximum Gasteiger partial charge on any atom is 0.342 e. The highest BCUT2D eigenvalue weighted by molar-refractivity contribution is 7.54. The van der Waals surface area contributed by atoms with Gasteiger partial charge in [0.2, 0.25) is 0 Å². The standard InChI is InChI=1S/C32H32O6P2/c33-39(21-30(26-13-5-1-6-14-26)27-15-7-2-8-16-27)35-22-32(23-36-39)24-37-40(34,38-25-32)31(28-17-9-3-10-18-28)29-19-11-4-12-20-29/h1-20,30-31H,21-25H2. The monoisotopic (exact) mass is 574 g/mol. The van der Waals surface area contributed by atoms with Gasteiger partial charge in [0.05, 0.1) is 38.0 Å². The molecule has 0 aliphatic carbocycles. The van der Waals surface area contributed by atoms with Crippen molar-refractivity contribution in [2.75, 3.05) is 32.6 Å². The average Bonchev–Trinajstić information content (AvgIpc) is 3.01. The topological polar surface area (TPSA) is 71.1 Å².